The quantitative estimate of drug-likeness (QED) is 0.654. The van der Waals surface area contributed by atoms with Gasteiger partial charge in [0.2, 0.25) is 0 Å². The Balaban J connectivity index is 1.59. The van der Waals surface area contributed by atoms with Gasteiger partial charge in [0.15, 0.2) is 0 Å². The molecule has 0 spiro atoms. The predicted molar refractivity (Wildman–Crippen MR) is 109 cm³/mol. The second-order valence-corrected chi connectivity index (χ2v) is 8.19. The van der Waals surface area contributed by atoms with E-state index in [0.29, 0.717) is 30.0 Å². The summed E-state index contributed by atoms with van der Waals surface area (Å²) in [6, 6.07) is 6.13. The molecule has 0 radical (unpaired) electrons. The van der Waals surface area contributed by atoms with Crippen molar-refractivity contribution < 1.29 is 9.32 Å². The minimum Gasteiger partial charge on any atom is -0.360 e. The summed E-state index contributed by atoms with van der Waals surface area (Å²) in [5.41, 5.74) is 3.20. The smallest absolute Gasteiger partial charge is 0.259 e. The van der Waals surface area contributed by atoms with Crippen LogP contribution in [0.25, 0.3) is 10.6 Å². The van der Waals surface area contributed by atoms with E-state index in [1.807, 2.05) is 37.8 Å². The van der Waals surface area contributed by atoms with Gasteiger partial charge in [-0.05, 0) is 44.2 Å². The number of piperidine rings is 1. The van der Waals surface area contributed by atoms with Crippen LogP contribution in [0.15, 0.2) is 28.1 Å². The van der Waals surface area contributed by atoms with Crippen molar-refractivity contribution in [3.05, 3.63) is 52.1 Å². The number of thiophene rings is 1. The lowest BCUT2D eigenvalue weighted by atomic mass is 9.96. The highest BCUT2D eigenvalue weighted by Gasteiger charge is 2.30. The maximum absolute atomic E-state index is 13.1. The van der Waals surface area contributed by atoms with E-state index < -0.39 is 0 Å². The number of aryl methyl sites for hydroxylation is 3. The third-order valence-electron chi connectivity index (χ3n) is 5.19. The molecular formula is C21H24N4O2S. The lowest BCUT2D eigenvalue weighted by molar-refractivity contribution is 0.0701. The molecule has 1 atom stereocenters. The summed E-state index contributed by atoms with van der Waals surface area (Å²) in [7, 11) is 0. The monoisotopic (exact) mass is 396 g/mol. The van der Waals surface area contributed by atoms with Crippen molar-refractivity contribution in [1.82, 2.24) is 20.0 Å². The van der Waals surface area contributed by atoms with E-state index >= 15 is 0 Å². The van der Waals surface area contributed by atoms with Crippen LogP contribution in [0, 0.1) is 13.8 Å². The van der Waals surface area contributed by atoms with Crippen LogP contribution in [0.4, 0.5) is 0 Å². The molecule has 4 heterocycles. The van der Waals surface area contributed by atoms with Crippen LogP contribution >= 0.6 is 11.3 Å². The molecule has 3 aromatic heterocycles. The van der Waals surface area contributed by atoms with E-state index in [-0.39, 0.29) is 11.8 Å². The van der Waals surface area contributed by atoms with Gasteiger partial charge in [-0.1, -0.05) is 18.1 Å². The zero-order chi connectivity index (χ0) is 19.7. The van der Waals surface area contributed by atoms with Crippen LogP contribution in [0.2, 0.25) is 0 Å². The van der Waals surface area contributed by atoms with E-state index in [1.54, 1.807) is 11.3 Å². The van der Waals surface area contributed by atoms with Crippen molar-refractivity contribution in [2.45, 2.75) is 46.0 Å². The number of nitrogens with zero attached hydrogens (tertiary/aromatic N) is 4. The van der Waals surface area contributed by atoms with Crippen LogP contribution in [0.5, 0.6) is 0 Å². The molecule has 146 valence electrons. The van der Waals surface area contributed by atoms with Gasteiger partial charge < -0.3 is 9.42 Å². The summed E-state index contributed by atoms with van der Waals surface area (Å²) in [4.78, 5) is 25.7. The third-order valence-corrected chi connectivity index (χ3v) is 6.08. The molecule has 1 saturated heterocycles. The SMILES string of the molecule is CCc1onc(C)c1C(=O)N1CCC[C@H](c2nc(C)cc(-c3cccs3)n2)C1. The number of amides is 1. The average Bonchev–Trinajstić information content (AvgIpc) is 3.37. The molecular weight excluding hydrogens is 372 g/mol. The summed E-state index contributed by atoms with van der Waals surface area (Å²) in [5.74, 6) is 1.64. The van der Waals surface area contributed by atoms with Crippen molar-refractivity contribution in [1.29, 1.82) is 0 Å². The summed E-state index contributed by atoms with van der Waals surface area (Å²) < 4.78 is 5.32. The standard InChI is InChI=1S/C21H24N4O2S/c1-4-17-19(14(3)24-27-17)21(26)25-9-5-7-15(12-25)20-22-13(2)11-16(23-20)18-8-6-10-28-18/h6,8,10-11,15H,4-5,7,9,12H2,1-3H3/t15-/m0/s1. The lowest BCUT2D eigenvalue weighted by Gasteiger charge is -2.32. The average molecular weight is 397 g/mol. The number of aromatic nitrogens is 3. The molecule has 1 aliphatic rings. The molecule has 0 unspecified atom stereocenters. The zero-order valence-electron chi connectivity index (χ0n) is 16.4. The normalized spacial score (nSPS) is 17.1. The molecule has 0 aliphatic carbocycles. The second-order valence-electron chi connectivity index (χ2n) is 7.24. The van der Waals surface area contributed by atoms with Gasteiger partial charge in [0.1, 0.15) is 17.1 Å². The molecule has 3 aromatic rings. The van der Waals surface area contributed by atoms with Crippen molar-refractivity contribution in [2.75, 3.05) is 13.1 Å². The number of likely N-dealkylation sites (tertiary alicyclic amines) is 1. The van der Waals surface area contributed by atoms with Gasteiger partial charge >= 0.3 is 0 Å². The van der Waals surface area contributed by atoms with E-state index in [0.717, 1.165) is 41.5 Å². The summed E-state index contributed by atoms with van der Waals surface area (Å²) in [6.07, 6.45) is 2.58. The Labute approximate surface area is 168 Å². The Hall–Kier alpha value is -2.54. The highest BCUT2D eigenvalue weighted by Crippen LogP contribution is 2.30. The summed E-state index contributed by atoms with van der Waals surface area (Å²) in [6.45, 7) is 7.17. The first kappa shape index (κ1) is 18.8. The van der Waals surface area contributed by atoms with Gasteiger partial charge in [-0.15, -0.1) is 11.3 Å². The highest BCUT2D eigenvalue weighted by atomic mass is 32.1. The molecule has 28 heavy (non-hydrogen) atoms. The van der Waals surface area contributed by atoms with Crippen LogP contribution in [0.1, 0.15) is 59.0 Å². The van der Waals surface area contributed by atoms with Crippen LogP contribution < -0.4 is 0 Å². The van der Waals surface area contributed by atoms with Crippen molar-refractivity contribution >= 4 is 17.2 Å². The van der Waals surface area contributed by atoms with Crippen molar-refractivity contribution in [3.8, 4) is 10.6 Å². The molecule has 0 N–H and O–H groups in total. The molecule has 0 aromatic carbocycles. The minimum absolute atomic E-state index is 0.00596. The first-order valence-electron chi connectivity index (χ1n) is 9.70. The maximum atomic E-state index is 13.1. The van der Waals surface area contributed by atoms with Gasteiger partial charge in [0, 0.05) is 31.1 Å². The first-order chi connectivity index (χ1) is 13.6. The van der Waals surface area contributed by atoms with Crippen molar-refractivity contribution in [2.24, 2.45) is 0 Å². The molecule has 1 aliphatic heterocycles. The van der Waals surface area contributed by atoms with Crippen LogP contribution in [0.3, 0.4) is 0 Å². The number of rotatable bonds is 4. The predicted octanol–water partition coefficient (Wildman–Crippen LogP) is 4.39. The molecule has 1 amide bonds. The Morgan fingerprint density at radius 2 is 2.21 bits per heavy atom. The van der Waals surface area contributed by atoms with E-state index in [1.165, 1.54) is 0 Å². The highest BCUT2D eigenvalue weighted by molar-refractivity contribution is 7.13. The zero-order valence-corrected chi connectivity index (χ0v) is 17.3. The molecule has 1 fully saturated rings. The fraction of sp³-hybridized carbons (Fsp3) is 0.429. The van der Waals surface area contributed by atoms with Crippen molar-refractivity contribution in [3.63, 3.8) is 0 Å². The second kappa shape index (κ2) is 7.83. The fourth-order valence-corrected chi connectivity index (χ4v) is 4.47. The molecule has 6 nitrogen and oxygen atoms in total. The summed E-state index contributed by atoms with van der Waals surface area (Å²) >= 11 is 1.68. The Bertz CT molecular complexity index is 980. The summed E-state index contributed by atoms with van der Waals surface area (Å²) in [5, 5.41) is 6.04. The van der Waals surface area contributed by atoms with Crippen LogP contribution in [-0.4, -0.2) is 39.0 Å². The molecule has 7 heteroatoms. The number of carbonyl (C=O) groups excluding carboxylic acids is 1. The number of hydrogen-bond acceptors (Lipinski definition) is 6. The molecule has 0 saturated carbocycles. The lowest BCUT2D eigenvalue weighted by Crippen LogP contribution is -2.40. The Morgan fingerprint density at radius 3 is 2.96 bits per heavy atom. The van der Waals surface area contributed by atoms with Gasteiger partial charge in [-0.2, -0.15) is 0 Å². The maximum Gasteiger partial charge on any atom is 0.259 e. The van der Waals surface area contributed by atoms with Gasteiger partial charge in [-0.3, -0.25) is 4.79 Å². The Morgan fingerprint density at radius 1 is 1.36 bits per heavy atom. The number of carbonyl (C=O) groups is 1. The van der Waals surface area contributed by atoms with Gasteiger partial charge in [0.25, 0.3) is 5.91 Å². The molecule has 4 rings (SSSR count). The number of hydrogen-bond donors (Lipinski definition) is 0. The third kappa shape index (κ3) is 3.58. The topological polar surface area (TPSA) is 72.1 Å². The minimum atomic E-state index is 0.00596. The largest absolute Gasteiger partial charge is 0.360 e. The first-order valence-corrected chi connectivity index (χ1v) is 10.6. The Kier molecular flexibility index (Phi) is 5.26. The molecule has 0 bridgehead atoms. The van der Waals surface area contributed by atoms with Gasteiger partial charge in [-0.25, -0.2) is 9.97 Å². The fourth-order valence-electron chi connectivity index (χ4n) is 3.79. The van der Waals surface area contributed by atoms with Gasteiger partial charge in [0.05, 0.1) is 16.3 Å². The van der Waals surface area contributed by atoms with E-state index in [4.69, 9.17) is 14.5 Å². The van der Waals surface area contributed by atoms with E-state index in [2.05, 4.69) is 16.6 Å². The van der Waals surface area contributed by atoms with Crippen LogP contribution in [-0.2, 0) is 6.42 Å². The van der Waals surface area contributed by atoms with E-state index in [9.17, 15) is 4.79 Å².